The lowest BCUT2D eigenvalue weighted by atomic mass is 10.2. The maximum Gasteiger partial charge on any atom is 0.151 e. The van der Waals surface area contributed by atoms with Crippen molar-refractivity contribution in [2.75, 3.05) is 12.4 Å². The van der Waals surface area contributed by atoms with Gasteiger partial charge in [-0.3, -0.25) is 0 Å². The smallest absolute Gasteiger partial charge is 0.151 e. The van der Waals surface area contributed by atoms with Gasteiger partial charge in [-0.2, -0.15) is 5.10 Å². The molecule has 0 atom stereocenters. The molecule has 0 fully saturated rings. The minimum absolute atomic E-state index is 0. The Kier molecular flexibility index (Phi) is 5.97. The average molecular weight is 169 g/mol. The SMILES string of the molecule is CC.CCc1ccnnc1NC.[HH]. The molecule has 0 aliphatic carbocycles. The standard InChI is InChI=1S/C7H11N3.C2H6.H2/c1-3-6-4-5-9-10-7(6)8-2;1-2;/h4-5H,3H2,1-2H3,(H,8,10);1-2H3;1H. The maximum atomic E-state index is 3.91. The fourth-order valence-corrected chi connectivity index (χ4v) is 0.853. The third-order valence-corrected chi connectivity index (χ3v) is 1.42. The molecular formula is C9H19N3. The molecule has 70 valence electrons. The largest absolute Gasteiger partial charge is 0.371 e. The Morgan fingerprint density at radius 3 is 2.58 bits per heavy atom. The van der Waals surface area contributed by atoms with Gasteiger partial charge < -0.3 is 5.32 Å². The van der Waals surface area contributed by atoms with Crippen molar-refractivity contribution in [3.05, 3.63) is 17.8 Å². The molecule has 1 aromatic rings. The van der Waals surface area contributed by atoms with Crippen molar-refractivity contribution in [3.8, 4) is 0 Å². The first-order valence-electron chi connectivity index (χ1n) is 4.36. The summed E-state index contributed by atoms with van der Waals surface area (Å²) in [6.45, 7) is 6.10. The summed E-state index contributed by atoms with van der Waals surface area (Å²) >= 11 is 0. The molecule has 0 aromatic carbocycles. The molecule has 0 radical (unpaired) electrons. The highest BCUT2D eigenvalue weighted by Gasteiger charge is 1.96. The highest BCUT2D eigenvalue weighted by atomic mass is 15.2. The number of aryl methyl sites for hydroxylation is 1. The second-order valence-electron chi connectivity index (χ2n) is 2.01. The molecule has 0 unspecified atom stereocenters. The van der Waals surface area contributed by atoms with Crippen LogP contribution in [0.2, 0.25) is 0 Å². The molecule has 3 heteroatoms. The van der Waals surface area contributed by atoms with Crippen molar-refractivity contribution in [2.45, 2.75) is 27.2 Å². The van der Waals surface area contributed by atoms with E-state index in [2.05, 4.69) is 22.4 Å². The summed E-state index contributed by atoms with van der Waals surface area (Å²) in [5.74, 6) is 0.880. The zero-order valence-electron chi connectivity index (χ0n) is 8.26. The topological polar surface area (TPSA) is 37.8 Å². The number of nitrogens with one attached hydrogen (secondary N) is 1. The summed E-state index contributed by atoms with van der Waals surface area (Å²) in [6.07, 6.45) is 2.70. The summed E-state index contributed by atoms with van der Waals surface area (Å²) < 4.78 is 0. The first-order valence-corrected chi connectivity index (χ1v) is 4.36. The van der Waals surface area contributed by atoms with Crippen LogP contribution in [-0.2, 0) is 6.42 Å². The highest BCUT2D eigenvalue weighted by Crippen LogP contribution is 2.08. The molecule has 1 heterocycles. The van der Waals surface area contributed by atoms with E-state index < -0.39 is 0 Å². The second kappa shape index (κ2) is 6.58. The van der Waals surface area contributed by atoms with Crippen LogP contribution >= 0.6 is 0 Å². The fraction of sp³-hybridized carbons (Fsp3) is 0.556. The molecule has 1 rings (SSSR count). The van der Waals surface area contributed by atoms with Gasteiger partial charge in [-0.25, -0.2) is 0 Å². The van der Waals surface area contributed by atoms with E-state index in [9.17, 15) is 0 Å². The van der Waals surface area contributed by atoms with Gasteiger partial charge in [0, 0.05) is 8.47 Å². The van der Waals surface area contributed by atoms with E-state index in [4.69, 9.17) is 0 Å². The first-order chi connectivity index (χ1) is 5.88. The molecule has 12 heavy (non-hydrogen) atoms. The fourth-order valence-electron chi connectivity index (χ4n) is 0.853. The minimum Gasteiger partial charge on any atom is -0.371 e. The maximum absolute atomic E-state index is 3.91. The predicted molar refractivity (Wildman–Crippen MR) is 54.4 cm³/mol. The van der Waals surface area contributed by atoms with E-state index in [1.165, 1.54) is 5.56 Å². The van der Waals surface area contributed by atoms with Gasteiger partial charge in [0.15, 0.2) is 5.82 Å². The molecule has 0 amide bonds. The highest BCUT2D eigenvalue weighted by molar-refractivity contribution is 5.41. The van der Waals surface area contributed by atoms with Crippen molar-refractivity contribution in [2.24, 2.45) is 0 Å². The number of hydrogen-bond donors (Lipinski definition) is 1. The Morgan fingerprint density at radius 2 is 2.17 bits per heavy atom. The van der Waals surface area contributed by atoms with Gasteiger partial charge >= 0.3 is 0 Å². The molecule has 1 aromatic heterocycles. The molecule has 3 nitrogen and oxygen atoms in total. The number of aromatic nitrogens is 2. The molecular weight excluding hydrogens is 150 g/mol. The number of nitrogens with zero attached hydrogens (tertiary/aromatic N) is 2. The molecule has 0 aliphatic rings. The molecule has 0 bridgehead atoms. The zero-order valence-corrected chi connectivity index (χ0v) is 8.26. The zero-order chi connectivity index (χ0) is 9.40. The van der Waals surface area contributed by atoms with Crippen LogP contribution in [0.3, 0.4) is 0 Å². The van der Waals surface area contributed by atoms with Gasteiger partial charge in [0.25, 0.3) is 0 Å². The molecule has 0 saturated carbocycles. The van der Waals surface area contributed by atoms with Crippen LogP contribution in [-0.4, -0.2) is 17.2 Å². The Labute approximate surface area is 75.7 Å². The van der Waals surface area contributed by atoms with Crippen LogP contribution in [0.25, 0.3) is 0 Å². The normalized spacial score (nSPS) is 8.33. The van der Waals surface area contributed by atoms with E-state index in [1.54, 1.807) is 6.20 Å². The number of rotatable bonds is 2. The Hall–Kier alpha value is -1.12. The summed E-state index contributed by atoms with van der Waals surface area (Å²) in [6, 6.07) is 1.97. The van der Waals surface area contributed by atoms with Gasteiger partial charge in [-0.1, -0.05) is 20.8 Å². The van der Waals surface area contributed by atoms with Crippen LogP contribution < -0.4 is 5.32 Å². The van der Waals surface area contributed by atoms with E-state index in [0.717, 1.165) is 12.2 Å². The van der Waals surface area contributed by atoms with E-state index >= 15 is 0 Å². The monoisotopic (exact) mass is 169 g/mol. The van der Waals surface area contributed by atoms with Crippen molar-refractivity contribution < 1.29 is 1.43 Å². The number of hydrogen-bond acceptors (Lipinski definition) is 3. The first kappa shape index (κ1) is 10.9. The van der Waals surface area contributed by atoms with Crippen molar-refractivity contribution in [1.29, 1.82) is 0 Å². The summed E-state index contributed by atoms with van der Waals surface area (Å²) in [5.41, 5.74) is 1.21. The van der Waals surface area contributed by atoms with Crippen LogP contribution in [0, 0.1) is 0 Å². The van der Waals surface area contributed by atoms with Gasteiger partial charge in [0.05, 0.1) is 6.20 Å². The lowest BCUT2D eigenvalue weighted by Gasteiger charge is -2.01. The predicted octanol–water partition coefficient (Wildman–Crippen LogP) is 2.35. The summed E-state index contributed by atoms with van der Waals surface area (Å²) in [5, 5.41) is 10.6. The third-order valence-electron chi connectivity index (χ3n) is 1.42. The second-order valence-corrected chi connectivity index (χ2v) is 2.01. The van der Waals surface area contributed by atoms with Gasteiger partial charge in [-0.15, -0.1) is 5.10 Å². The van der Waals surface area contributed by atoms with Crippen LogP contribution in [0.5, 0.6) is 0 Å². The van der Waals surface area contributed by atoms with Gasteiger partial charge in [0.2, 0.25) is 0 Å². The molecule has 0 saturated heterocycles. The quantitative estimate of drug-likeness (QED) is 0.738. The Balaban J connectivity index is 0. The average Bonchev–Trinajstić information content (AvgIpc) is 2.20. The van der Waals surface area contributed by atoms with E-state index in [-0.39, 0.29) is 1.43 Å². The van der Waals surface area contributed by atoms with E-state index in [1.807, 2.05) is 27.0 Å². The lowest BCUT2D eigenvalue weighted by molar-refractivity contribution is 0.985. The molecule has 0 aliphatic heterocycles. The molecule has 0 spiro atoms. The third kappa shape index (κ3) is 2.86. The van der Waals surface area contributed by atoms with Crippen LogP contribution in [0.1, 0.15) is 27.8 Å². The number of anilines is 1. The van der Waals surface area contributed by atoms with E-state index in [0.29, 0.717) is 0 Å². The summed E-state index contributed by atoms with van der Waals surface area (Å²) in [4.78, 5) is 0. The van der Waals surface area contributed by atoms with Crippen molar-refractivity contribution >= 4 is 5.82 Å². The van der Waals surface area contributed by atoms with Gasteiger partial charge in [-0.05, 0) is 18.1 Å². The lowest BCUT2D eigenvalue weighted by Crippen LogP contribution is -1.98. The van der Waals surface area contributed by atoms with Crippen LogP contribution in [0.15, 0.2) is 12.3 Å². The van der Waals surface area contributed by atoms with Crippen molar-refractivity contribution in [1.82, 2.24) is 10.2 Å². The van der Waals surface area contributed by atoms with Crippen LogP contribution in [0.4, 0.5) is 5.82 Å². The Morgan fingerprint density at radius 1 is 1.50 bits per heavy atom. The molecule has 1 N–H and O–H groups in total. The van der Waals surface area contributed by atoms with Crippen molar-refractivity contribution in [3.63, 3.8) is 0 Å². The Bertz CT molecular complexity index is 193. The van der Waals surface area contributed by atoms with Gasteiger partial charge in [0.1, 0.15) is 0 Å². The minimum atomic E-state index is 0. The summed E-state index contributed by atoms with van der Waals surface area (Å²) in [7, 11) is 1.85.